The fraction of sp³-hybridized carbons (Fsp3) is 0.182. The van der Waals surface area contributed by atoms with Gasteiger partial charge in [-0.1, -0.05) is 0 Å². The summed E-state index contributed by atoms with van der Waals surface area (Å²) in [6.07, 6.45) is 1.65. The number of ketones is 1. The van der Waals surface area contributed by atoms with E-state index in [1.54, 1.807) is 12.3 Å². The van der Waals surface area contributed by atoms with Crippen LogP contribution in [0.4, 0.5) is 0 Å². The van der Waals surface area contributed by atoms with Crippen LogP contribution in [0.1, 0.15) is 17.3 Å². The number of aromatic amines is 1. The maximum Gasteiger partial charge on any atom is 0.296 e. The van der Waals surface area contributed by atoms with Gasteiger partial charge in [0.2, 0.25) is 0 Å². The summed E-state index contributed by atoms with van der Waals surface area (Å²) in [7, 11) is -2.70. The predicted octanol–water partition coefficient (Wildman–Crippen LogP) is 1.71. The fourth-order valence-corrected chi connectivity index (χ4v) is 2.39. The van der Waals surface area contributed by atoms with Gasteiger partial charge in [-0.05, 0) is 25.1 Å². The average Bonchev–Trinajstić information content (AvgIpc) is 2.75. The minimum Gasteiger partial charge on any atom is -0.361 e. The van der Waals surface area contributed by atoms with Crippen molar-refractivity contribution in [3.05, 3.63) is 30.0 Å². The molecule has 2 aromatic rings. The number of carbonyl (C=O) groups excluding carboxylic acids is 1. The van der Waals surface area contributed by atoms with Gasteiger partial charge >= 0.3 is 0 Å². The predicted molar refractivity (Wildman–Crippen MR) is 62.5 cm³/mol. The van der Waals surface area contributed by atoms with Crippen LogP contribution in [-0.4, -0.2) is 26.3 Å². The highest BCUT2D eigenvalue weighted by atomic mass is 32.2. The molecule has 0 aliphatic heterocycles. The van der Waals surface area contributed by atoms with E-state index >= 15 is 0 Å². The lowest BCUT2D eigenvalue weighted by Gasteiger charge is -2.05. The summed E-state index contributed by atoms with van der Waals surface area (Å²) in [6.45, 7) is 1.39. The number of H-pyrrole nitrogens is 1. The molecule has 0 aliphatic carbocycles. The van der Waals surface area contributed by atoms with Crippen molar-refractivity contribution in [2.24, 2.45) is 0 Å². The zero-order valence-corrected chi connectivity index (χ0v) is 10.2. The number of nitrogens with one attached hydrogen (secondary N) is 1. The van der Waals surface area contributed by atoms with Crippen LogP contribution < -0.4 is 0 Å². The standard InChI is InChI=1S/C11H11NO4S/c1-7(13)10-6-9(17(14,15)16-2)5-8-3-4-12-11(8)10/h3-6,12H,1-2H3. The Kier molecular flexibility index (Phi) is 2.76. The molecule has 90 valence electrons. The van der Waals surface area contributed by atoms with Crippen molar-refractivity contribution in [1.29, 1.82) is 0 Å². The molecule has 0 unspecified atom stereocenters. The number of rotatable bonds is 3. The number of carbonyl (C=O) groups is 1. The van der Waals surface area contributed by atoms with Gasteiger partial charge in [-0.3, -0.25) is 8.98 Å². The normalized spacial score (nSPS) is 11.9. The van der Waals surface area contributed by atoms with Gasteiger partial charge in [-0.2, -0.15) is 8.42 Å². The molecule has 5 nitrogen and oxygen atoms in total. The zero-order chi connectivity index (χ0) is 12.6. The third kappa shape index (κ3) is 1.96. The van der Waals surface area contributed by atoms with Gasteiger partial charge < -0.3 is 4.98 Å². The smallest absolute Gasteiger partial charge is 0.296 e. The molecule has 1 aromatic heterocycles. The van der Waals surface area contributed by atoms with E-state index in [0.29, 0.717) is 16.5 Å². The number of fused-ring (bicyclic) bond motifs is 1. The van der Waals surface area contributed by atoms with E-state index in [4.69, 9.17) is 0 Å². The van der Waals surface area contributed by atoms with Crippen LogP contribution in [0.25, 0.3) is 10.9 Å². The second-order valence-electron chi connectivity index (χ2n) is 3.59. The van der Waals surface area contributed by atoms with Gasteiger partial charge in [0.25, 0.3) is 10.1 Å². The highest BCUT2D eigenvalue weighted by Crippen LogP contribution is 2.24. The molecule has 0 atom stereocenters. The van der Waals surface area contributed by atoms with Crippen LogP contribution in [0.15, 0.2) is 29.3 Å². The zero-order valence-electron chi connectivity index (χ0n) is 9.35. The quantitative estimate of drug-likeness (QED) is 0.667. The first-order valence-corrected chi connectivity index (χ1v) is 6.29. The molecule has 17 heavy (non-hydrogen) atoms. The SMILES string of the molecule is COS(=O)(=O)c1cc(C(C)=O)c2[nH]ccc2c1. The number of aromatic nitrogens is 1. The van der Waals surface area contributed by atoms with Crippen molar-refractivity contribution >= 4 is 26.8 Å². The van der Waals surface area contributed by atoms with E-state index in [1.807, 2.05) is 0 Å². The van der Waals surface area contributed by atoms with Crippen molar-refractivity contribution in [2.45, 2.75) is 11.8 Å². The van der Waals surface area contributed by atoms with Gasteiger partial charge in [-0.15, -0.1) is 0 Å². The minimum atomic E-state index is -3.79. The van der Waals surface area contributed by atoms with Crippen LogP contribution in [0, 0.1) is 0 Å². The first kappa shape index (κ1) is 11.8. The van der Waals surface area contributed by atoms with Crippen molar-refractivity contribution in [3.8, 4) is 0 Å². The second-order valence-corrected chi connectivity index (χ2v) is 5.30. The molecule has 1 heterocycles. The Hall–Kier alpha value is -1.66. The Morgan fingerprint density at radius 1 is 1.35 bits per heavy atom. The van der Waals surface area contributed by atoms with E-state index < -0.39 is 10.1 Å². The lowest BCUT2D eigenvalue weighted by Crippen LogP contribution is -2.05. The first-order chi connectivity index (χ1) is 7.95. The second kappa shape index (κ2) is 3.97. The van der Waals surface area contributed by atoms with Gasteiger partial charge in [0.1, 0.15) is 0 Å². The fourth-order valence-electron chi connectivity index (χ4n) is 1.66. The Morgan fingerprint density at radius 2 is 2.06 bits per heavy atom. The molecule has 0 amide bonds. The average molecular weight is 253 g/mol. The molecule has 0 fully saturated rings. The van der Waals surface area contributed by atoms with Crippen molar-refractivity contribution in [2.75, 3.05) is 7.11 Å². The molecular formula is C11H11NO4S. The number of benzene rings is 1. The van der Waals surface area contributed by atoms with E-state index in [1.165, 1.54) is 19.1 Å². The number of hydrogen-bond donors (Lipinski definition) is 1. The van der Waals surface area contributed by atoms with Crippen molar-refractivity contribution in [1.82, 2.24) is 4.98 Å². The molecule has 0 aliphatic rings. The lowest BCUT2D eigenvalue weighted by atomic mass is 10.1. The molecule has 0 bridgehead atoms. The lowest BCUT2D eigenvalue weighted by molar-refractivity contribution is 0.101. The van der Waals surface area contributed by atoms with E-state index in [-0.39, 0.29) is 10.7 Å². The van der Waals surface area contributed by atoms with Gasteiger partial charge in [-0.25, -0.2) is 0 Å². The van der Waals surface area contributed by atoms with E-state index in [2.05, 4.69) is 9.17 Å². The highest BCUT2D eigenvalue weighted by Gasteiger charge is 2.17. The third-order valence-electron chi connectivity index (χ3n) is 2.52. The van der Waals surface area contributed by atoms with Crippen molar-refractivity contribution < 1.29 is 17.4 Å². The van der Waals surface area contributed by atoms with Crippen LogP contribution in [0.2, 0.25) is 0 Å². The maximum absolute atomic E-state index is 11.6. The largest absolute Gasteiger partial charge is 0.361 e. The summed E-state index contributed by atoms with van der Waals surface area (Å²) in [6, 6.07) is 4.49. The first-order valence-electron chi connectivity index (χ1n) is 4.88. The molecule has 0 saturated heterocycles. The van der Waals surface area contributed by atoms with E-state index in [9.17, 15) is 13.2 Å². The highest BCUT2D eigenvalue weighted by molar-refractivity contribution is 7.86. The Morgan fingerprint density at radius 3 is 2.65 bits per heavy atom. The topological polar surface area (TPSA) is 76.2 Å². The molecule has 6 heteroatoms. The molecule has 2 rings (SSSR count). The maximum atomic E-state index is 11.6. The summed E-state index contributed by atoms with van der Waals surface area (Å²) in [5, 5.41) is 0.660. The van der Waals surface area contributed by atoms with Gasteiger partial charge in [0, 0.05) is 17.1 Å². The molecule has 0 radical (unpaired) electrons. The molecule has 1 aromatic carbocycles. The summed E-state index contributed by atoms with van der Waals surface area (Å²) in [4.78, 5) is 14.4. The third-order valence-corrected chi connectivity index (χ3v) is 3.77. The van der Waals surface area contributed by atoms with Crippen LogP contribution in [0.3, 0.4) is 0 Å². The van der Waals surface area contributed by atoms with Crippen LogP contribution in [-0.2, 0) is 14.3 Å². The van der Waals surface area contributed by atoms with Crippen molar-refractivity contribution in [3.63, 3.8) is 0 Å². The van der Waals surface area contributed by atoms with E-state index in [0.717, 1.165) is 7.11 Å². The summed E-state index contributed by atoms with van der Waals surface area (Å²) >= 11 is 0. The van der Waals surface area contributed by atoms with Crippen LogP contribution >= 0.6 is 0 Å². The Bertz CT molecular complexity index is 685. The summed E-state index contributed by atoms with van der Waals surface area (Å²) in [5.74, 6) is -0.203. The van der Waals surface area contributed by atoms with Crippen LogP contribution in [0.5, 0.6) is 0 Å². The molecular weight excluding hydrogens is 242 g/mol. The summed E-state index contributed by atoms with van der Waals surface area (Å²) in [5.41, 5.74) is 0.968. The molecule has 0 spiro atoms. The number of hydrogen-bond acceptors (Lipinski definition) is 4. The van der Waals surface area contributed by atoms with Gasteiger partial charge in [0.15, 0.2) is 5.78 Å². The Balaban J connectivity index is 2.81. The summed E-state index contributed by atoms with van der Waals surface area (Å²) < 4.78 is 27.6. The molecule has 1 N–H and O–H groups in total. The monoisotopic (exact) mass is 253 g/mol. The number of Topliss-reactive ketones (excluding diaryl/α,β-unsaturated/α-hetero) is 1. The molecule has 0 saturated carbocycles. The Labute approximate surface area is 98.5 Å². The minimum absolute atomic E-state index is 0.0164. The van der Waals surface area contributed by atoms with Gasteiger partial charge in [0.05, 0.1) is 17.5 Å².